The number of aromatic nitrogens is 2. The number of rotatable bonds is 5. The Labute approximate surface area is 164 Å². The molecule has 1 aromatic heterocycles. The first-order chi connectivity index (χ1) is 13.6. The largest absolute Gasteiger partial charge is 0.497 e. The average Bonchev–Trinajstić information content (AvgIpc) is 3.27. The molecule has 4 rings (SSSR count). The number of hydrogen-bond donors (Lipinski definition) is 1. The second-order valence-electron chi connectivity index (χ2n) is 7.04. The van der Waals surface area contributed by atoms with Crippen molar-refractivity contribution >= 4 is 5.91 Å². The van der Waals surface area contributed by atoms with Gasteiger partial charge in [-0.05, 0) is 26.0 Å². The number of nitrogens with zero attached hydrogens (tertiary/aromatic N) is 2. The van der Waals surface area contributed by atoms with Crippen LogP contribution in [-0.2, 0) is 0 Å². The topological polar surface area (TPSA) is 67.5 Å². The van der Waals surface area contributed by atoms with Gasteiger partial charge in [-0.3, -0.25) is 9.89 Å². The summed E-state index contributed by atoms with van der Waals surface area (Å²) in [5.74, 6) is 1.33. The highest BCUT2D eigenvalue weighted by molar-refractivity contribution is 6.00. The molecule has 1 aliphatic rings. The number of H-pyrrole nitrogens is 1. The molecule has 1 N–H and O–H groups in total. The molecule has 0 aliphatic carbocycles. The van der Waals surface area contributed by atoms with E-state index >= 15 is 0 Å². The van der Waals surface area contributed by atoms with Gasteiger partial charge in [-0.2, -0.15) is 5.10 Å². The van der Waals surface area contributed by atoms with Crippen molar-refractivity contribution in [3.63, 3.8) is 0 Å². The molecule has 28 heavy (non-hydrogen) atoms. The fourth-order valence-electron chi connectivity index (χ4n) is 3.86. The number of hydrogen-bond acceptors (Lipinski definition) is 4. The third kappa shape index (κ3) is 2.72. The summed E-state index contributed by atoms with van der Waals surface area (Å²) in [4.78, 5) is 15.1. The number of methoxy groups -OCH3 is 2. The average molecular weight is 377 g/mol. The zero-order valence-corrected chi connectivity index (χ0v) is 16.4. The molecule has 1 amide bonds. The monoisotopic (exact) mass is 377 g/mol. The molecule has 6 nitrogen and oxygen atoms in total. The molecule has 6 heteroatoms. The molecule has 0 spiro atoms. The summed E-state index contributed by atoms with van der Waals surface area (Å²) in [6, 6.07) is 15.3. The SMILES string of the molecule is COc1ccc(C2c3c(-c4ccccc4)n[nH]c3C(=O)N2C(C)C)c(OC)c1. The van der Waals surface area contributed by atoms with Crippen molar-refractivity contribution in [1.29, 1.82) is 0 Å². The number of carbonyl (C=O) groups excluding carboxylic acids is 1. The van der Waals surface area contributed by atoms with Gasteiger partial charge in [0.1, 0.15) is 17.2 Å². The summed E-state index contributed by atoms with van der Waals surface area (Å²) in [5.41, 5.74) is 4.08. The molecule has 1 unspecified atom stereocenters. The van der Waals surface area contributed by atoms with Crippen LogP contribution in [0.25, 0.3) is 11.3 Å². The fourth-order valence-corrected chi connectivity index (χ4v) is 3.86. The first-order valence-corrected chi connectivity index (χ1v) is 9.25. The van der Waals surface area contributed by atoms with E-state index in [1.54, 1.807) is 14.2 Å². The summed E-state index contributed by atoms with van der Waals surface area (Å²) < 4.78 is 11.0. The summed E-state index contributed by atoms with van der Waals surface area (Å²) in [7, 11) is 3.25. The fraction of sp³-hybridized carbons (Fsp3) is 0.273. The number of nitrogens with one attached hydrogen (secondary N) is 1. The molecule has 0 bridgehead atoms. The number of amides is 1. The number of carbonyl (C=O) groups is 1. The smallest absolute Gasteiger partial charge is 0.273 e. The lowest BCUT2D eigenvalue weighted by Gasteiger charge is -2.30. The lowest BCUT2D eigenvalue weighted by Crippen LogP contribution is -2.35. The molecular weight excluding hydrogens is 354 g/mol. The molecule has 2 heterocycles. The Morgan fingerprint density at radius 3 is 2.46 bits per heavy atom. The summed E-state index contributed by atoms with van der Waals surface area (Å²) in [5, 5.41) is 7.45. The minimum atomic E-state index is -0.294. The van der Waals surface area contributed by atoms with Crippen molar-refractivity contribution in [3.05, 3.63) is 65.4 Å². The van der Waals surface area contributed by atoms with Crippen molar-refractivity contribution in [1.82, 2.24) is 15.1 Å². The number of ether oxygens (including phenoxy) is 2. The zero-order chi connectivity index (χ0) is 19.8. The molecule has 144 valence electrons. The van der Waals surface area contributed by atoms with Crippen molar-refractivity contribution in [2.75, 3.05) is 14.2 Å². The maximum absolute atomic E-state index is 13.2. The predicted octanol–water partition coefficient (Wildman–Crippen LogP) is 4.05. The molecule has 1 aliphatic heterocycles. The van der Waals surface area contributed by atoms with E-state index in [9.17, 15) is 4.79 Å². The number of aromatic amines is 1. The Kier molecular flexibility index (Phi) is 4.55. The number of benzene rings is 2. The van der Waals surface area contributed by atoms with E-state index in [0.717, 1.165) is 22.4 Å². The van der Waals surface area contributed by atoms with Crippen molar-refractivity contribution < 1.29 is 14.3 Å². The van der Waals surface area contributed by atoms with E-state index in [0.29, 0.717) is 17.2 Å². The molecule has 3 aromatic rings. The Balaban J connectivity index is 1.94. The number of fused-ring (bicyclic) bond motifs is 1. The molecule has 1 atom stereocenters. The minimum Gasteiger partial charge on any atom is -0.497 e. The van der Waals surface area contributed by atoms with Crippen LogP contribution < -0.4 is 9.47 Å². The minimum absolute atomic E-state index is 0.00808. The Morgan fingerprint density at radius 2 is 1.82 bits per heavy atom. The van der Waals surface area contributed by atoms with Gasteiger partial charge in [-0.25, -0.2) is 0 Å². The van der Waals surface area contributed by atoms with Gasteiger partial charge in [-0.1, -0.05) is 30.3 Å². The third-order valence-electron chi connectivity index (χ3n) is 5.14. The van der Waals surface area contributed by atoms with E-state index in [1.165, 1.54) is 0 Å². The van der Waals surface area contributed by atoms with Crippen LogP contribution in [0.3, 0.4) is 0 Å². The molecule has 2 aromatic carbocycles. The normalized spacial score (nSPS) is 15.8. The highest BCUT2D eigenvalue weighted by Gasteiger charge is 2.44. The molecule has 0 radical (unpaired) electrons. The maximum Gasteiger partial charge on any atom is 0.273 e. The van der Waals surface area contributed by atoms with Crippen LogP contribution in [-0.4, -0.2) is 41.3 Å². The Hall–Kier alpha value is -3.28. The quantitative estimate of drug-likeness (QED) is 0.728. The van der Waals surface area contributed by atoms with Crippen molar-refractivity contribution in [2.24, 2.45) is 0 Å². The van der Waals surface area contributed by atoms with Gasteiger partial charge in [0.15, 0.2) is 0 Å². The van der Waals surface area contributed by atoms with Crippen LogP contribution in [0.5, 0.6) is 11.5 Å². The van der Waals surface area contributed by atoms with Crippen LogP contribution >= 0.6 is 0 Å². The van der Waals surface area contributed by atoms with Crippen LogP contribution in [0.1, 0.15) is 41.5 Å². The standard InChI is InChI=1S/C22H23N3O3/c1-13(2)25-21(16-11-10-15(27-3)12-17(16)28-4)18-19(14-8-6-5-7-9-14)23-24-20(18)22(25)26/h5-13,21H,1-4H3,(H,23,24). The van der Waals surface area contributed by atoms with E-state index in [2.05, 4.69) is 10.2 Å². The second kappa shape index (κ2) is 7.03. The lowest BCUT2D eigenvalue weighted by atomic mass is 9.95. The second-order valence-corrected chi connectivity index (χ2v) is 7.04. The maximum atomic E-state index is 13.2. The summed E-state index contributed by atoms with van der Waals surface area (Å²) >= 11 is 0. The van der Waals surface area contributed by atoms with Crippen LogP contribution in [0, 0.1) is 0 Å². The van der Waals surface area contributed by atoms with Gasteiger partial charge in [0.25, 0.3) is 5.91 Å². The Morgan fingerprint density at radius 1 is 1.07 bits per heavy atom. The van der Waals surface area contributed by atoms with Gasteiger partial charge in [0.05, 0.1) is 26.0 Å². The van der Waals surface area contributed by atoms with E-state index in [1.807, 2.05) is 67.3 Å². The first-order valence-electron chi connectivity index (χ1n) is 9.25. The van der Waals surface area contributed by atoms with Crippen molar-refractivity contribution in [3.8, 4) is 22.8 Å². The van der Waals surface area contributed by atoms with Gasteiger partial charge in [-0.15, -0.1) is 0 Å². The van der Waals surface area contributed by atoms with Crippen LogP contribution in [0.2, 0.25) is 0 Å². The predicted molar refractivity (Wildman–Crippen MR) is 107 cm³/mol. The van der Waals surface area contributed by atoms with Crippen LogP contribution in [0.4, 0.5) is 0 Å². The van der Waals surface area contributed by atoms with Crippen molar-refractivity contribution in [2.45, 2.75) is 25.9 Å². The van der Waals surface area contributed by atoms with E-state index < -0.39 is 0 Å². The Bertz CT molecular complexity index is 1010. The summed E-state index contributed by atoms with van der Waals surface area (Å²) in [6.45, 7) is 4.03. The molecular formula is C22H23N3O3. The highest BCUT2D eigenvalue weighted by atomic mass is 16.5. The summed E-state index contributed by atoms with van der Waals surface area (Å²) in [6.07, 6.45) is 0. The van der Waals surface area contributed by atoms with Gasteiger partial charge < -0.3 is 14.4 Å². The highest BCUT2D eigenvalue weighted by Crippen LogP contribution is 2.46. The zero-order valence-electron chi connectivity index (χ0n) is 16.4. The molecule has 0 saturated carbocycles. The lowest BCUT2D eigenvalue weighted by molar-refractivity contribution is 0.0686. The van der Waals surface area contributed by atoms with Gasteiger partial charge in [0.2, 0.25) is 0 Å². The van der Waals surface area contributed by atoms with E-state index in [-0.39, 0.29) is 18.0 Å². The first kappa shape index (κ1) is 18.1. The van der Waals surface area contributed by atoms with Crippen LogP contribution in [0.15, 0.2) is 48.5 Å². The van der Waals surface area contributed by atoms with Gasteiger partial charge in [0, 0.05) is 28.8 Å². The third-order valence-corrected chi connectivity index (χ3v) is 5.14. The molecule has 0 saturated heterocycles. The molecule has 0 fully saturated rings. The van der Waals surface area contributed by atoms with Gasteiger partial charge >= 0.3 is 0 Å². The van der Waals surface area contributed by atoms with E-state index in [4.69, 9.17) is 9.47 Å².